The number of nitrogen functional groups attached to an aromatic ring is 1. The third-order valence-corrected chi connectivity index (χ3v) is 4.08. The van der Waals surface area contributed by atoms with Gasteiger partial charge in [-0.1, -0.05) is 13.3 Å². The Morgan fingerprint density at radius 1 is 1.47 bits per heavy atom. The highest BCUT2D eigenvalue weighted by Gasteiger charge is 2.21. The molecule has 0 bridgehead atoms. The van der Waals surface area contributed by atoms with E-state index in [-0.39, 0.29) is 5.82 Å². The average Bonchev–Trinajstić information content (AvgIpc) is 2.68. The molecule has 4 heteroatoms. The van der Waals surface area contributed by atoms with Crippen molar-refractivity contribution in [1.82, 2.24) is 0 Å². The summed E-state index contributed by atoms with van der Waals surface area (Å²) in [7, 11) is 0. The van der Waals surface area contributed by atoms with E-state index in [0.717, 1.165) is 18.2 Å². The smallest absolute Gasteiger partial charge is 0.139 e. The summed E-state index contributed by atoms with van der Waals surface area (Å²) < 4.78 is 13.7. The number of halogens is 2. The second-order valence-electron chi connectivity index (χ2n) is 5.02. The highest BCUT2D eigenvalue weighted by molar-refractivity contribution is 9.10. The van der Waals surface area contributed by atoms with Crippen LogP contribution in [0.4, 0.5) is 15.8 Å². The molecule has 3 N–H and O–H groups in total. The highest BCUT2D eigenvalue weighted by Crippen LogP contribution is 2.32. The first-order valence-electron chi connectivity index (χ1n) is 6.04. The molecule has 1 aliphatic rings. The predicted molar refractivity (Wildman–Crippen MR) is 73.5 cm³/mol. The molecule has 94 valence electrons. The molecule has 0 spiro atoms. The van der Waals surface area contributed by atoms with Gasteiger partial charge in [0.25, 0.3) is 0 Å². The van der Waals surface area contributed by atoms with Gasteiger partial charge >= 0.3 is 0 Å². The summed E-state index contributed by atoms with van der Waals surface area (Å²) in [4.78, 5) is 0. The summed E-state index contributed by atoms with van der Waals surface area (Å²) in [5.41, 5.74) is 7.07. The summed E-state index contributed by atoms with van der Waals surface area (Å²) in [6.45, 7) is 3.22. The number of nitrogens with one attached hydrogen (secondary N) is 1. The molecule has 2 atom stereocenters. The van der Waals surface area contributed by atoms with Crippen molar-refractivity contribution in [2.45, 2.75) is 26.2 Å². The lowest BCUT2D eigenvalue weighted by molar-refractivity contribution is 0.537. The molecule has 0 aromatic heterocycles. The molecule has 1 aliphatic carbocycles. The predicted octanol–water partition coefficient (Wildman–Crippen LogP) is 4.02. The molecule has 0 heterocycles. The molecule has 1 aromatic carbocycles. The van der Waals surface area contributed by atoms with Crippen LogP contribution >= 0.6 is 15.9 Å². The molecule has 17 heavy (non-hydrogen) atoms. The van der Waals surface area contributed by atoms with E-state index in [4.69, 9.17) is 5.73 Å². The Bertz CT molecular complexity index is 409. The molecule has 1 saturated carbocycles. The Labute approximate surface area is 110 Å². The maximum Gasteiger partial charge on any atom is 0.139 e. The minimum absolute atomic E-state index is 0.317. The first-order valence-corrected chi connectivity index (χ1v) is 6.84. The Morgan fingerprint density at radius 2 is 2.24 bits per heavy atom. The zero-order valence-electron chi connectivity index (χ0n) is 9.97. The maximum absolute atomic E-state index is 13.2. The number of rotatable bonds is 3. The largest absolute Gasteiger partial charge is 0.397 e. The quantitative estimate of drug-likeness (QED) is 0.828. The van der Waals surface area contributed by atoms with Gasteiger partial charge in [0.15, 0.2) is 0 Å². The van der Waals surface area contributed by atoms with Crippen LogP contribution < -0.4 is 11.1 Å². The van der Waals surface area contributed by atoms with Gasteiger partial charge in [0.1, 0.15) is 5.82 Å². The lowest BCUT2D eigenvalue weighted by Gasteiger charge is -2.14. The van der Waals surface area contributed by atoms with Gasteiger partial charge in [-0.15, -0.1) is 0 Å². The van der Waals surface area contributed by atoms with E-state index in [2.05, 4.69) is 28.2 Å². The van der Waals surface area contributed by atoms with E-state index >= 15 is 0 Å². The Balaban J connectivity index is 1.97. The van der Waals surface area contributed by atoms with Crippen molar-refractivity contribution in [3.05, 3.63) is 22.4 Å². The molecule has 0 radical (unpaired) electrons. The van der Waals surface area contributed by atoms with Crippen molar-refractivity contribution in [2.75, 3.05) is 17.6 Å². The van der Waals surface area contributed by atoms with E-state index in [9.17, 15) is 4.39 Å². The Hall–Kier alpha value is -0.770. The molecular weight excluding hydrogens is 283 g/mol. The lowest BCUT2D eigenvalue weighted by Crippen LogP contribution is -2.12. The van der Waals surface area contributed by atoms with Gasteiger partial charge in [-0.3, -0.25) is 0 Å². The summed E-state index contributed by atoms with van der Waals surface area (Å²) in [5.74, 6) is 1.23. The summed E-state index contributed by atoms with van der Waals surface area (Å²) in [6.07, 6.45) is 3.86. The lowest BCUT2D eigenvalue weighted by atomic mass is 10.1. The van der Waals surface area contributed by atoms with Crippen LogP contribution in [-0.2, 0) is 0 Å². The zero-order valence-corrected chi connectivity index (χ0v) is 11.6. The first-order chi connectivity index (χ1) is 8.06. The van der Waals surface area contributed by atoms with Crippen LogP contribution in [0.1, 0.15) is 26.2 Å². The van der Waals surface area contributed by atoms with Crippen LogP contribution in [0.25, 0.3) is 0 Å². The average molecular weight is 301 g/mol. The van der Waals surface area contributed by atoms with E-state index in [1.165, 1.54) is 25.3 Å². The summed E-state index contributed by atoms with van der Waals surface area (Å²) in [5, 5.41) is 3.32. The first kappa shape index (κ1) is 12.7. The topological polar surface area (TPSA) is 38.0 Å². The van der Waals surface area contributed by atoms with Gasteiger partial charge in [-0.2, -0.15) is 0 Å². The minimum atomic E-state index is -0.317. The Morgan fingerprint density at radius 3 is 2.88 bits per heavy atom. The fourth-order valence-corrected chi connectivity index (χ4v) is 2.82. The van der Waals surface area contributed by atoms with Crippen LogP contribution in [0.2, 0.25) is 0 Å². The SMILES string of the molecule is CC1CCC(CNc2cc(Br)c(F)cc2N)C1. The maximum atomic E-state index is 13.2. The number of anilines is 2. The highest BCUT2D eigenvalue weighted by atomic mass is 79.9. The van der Waals surface area contributed by atoms with Crippen molar-refractivity contribution < 1.29 is 4.39 Å². The second-order valence-corrected chi connectivity index (χ2v) is 5.87. The van der Waals surface area contributed by atoms with Crippen molar-refractivity contribution >= 4 is 27.3 Å². The van der Waals surface area contributed by atoms with Crippen molar-refractivity contribution in [2.24, 2.45) is 11.8 Å². The molecule has 1 fully saturated rings. The molecule has 0 aliphatic heterocycles. The molecule has 2 rings (SSSR count). The number of hydrogen-bond acceptors (Lipinski definition) is 2. The monoisotopic (exact) mass is 300 g/mol. The van der Waals surface area contributed by atoms with E-state index in [1.54, 1.807) is 6.07 Å². The van der Waals surface area contributed by atoms with E-state index < -0.39 is 0 Å². The molecule has 2 unspecified atom stereocenters. The van der Waals surface area contributed by atoms with E-state index in [0.29, 0.717) is 16.1 Å². The van der Waals surface area contributed by atoms with E-state index in [1.807, 2.05) is 0 Å². The number of benzene rings is 1. The third-order valence-electron chi connectivity index (χ3n) is 3.48. The van der Waals surface area contributed by atoms with Crippen molar-refractivity contribution in [1.29, 1.82) is 0 Å². The Kier molecular flexibility index (Phi) is 3.92. The molecule has 1 aromatic rings. The molecular formula is C13H18BrFN2. The van der Waals surface area contributed by atoms with Gasteiger partial charge in [0, 0.05) is 12.6 Å². The summed E-state index contributed by atoms with van der Waals surface area (Å²) >= 11 is 3.17. The fraction of sp³-hybridized carbons (Fsp3) is 0.538. The van der Waals surface area contributed by atoms with Crippen molar-refractivity contribution in [3.8, 4) is 0 Å². The van der Waals surface area contributed by atoms with Gasteiger partial charge in [-0.05, 0) is 46.7 Å². The van der Waals surface area contributed by atoms with Crippen LogP contribution in [0.3, 0.4) is 0 Å². The zero-order chi connectivity index (χ0) is 12.4. The van der Waals surface area contributed by atoms with Crippen molar-refractivity contribution in [3.63, 3.8) is 0 Å². The normalized spacial score (nSPS) is 23.9. The molecule has 0 saturated heterocycles. The van der Waals surface area contributed by atoms with Crippen LogP contribution in [0.15, 0.2) is 16.6 Å². The number of nitrogens with two attached hydrogens (primary N) is 1. The minimum Gasteiger partial charge on any atom is -0.397 e. The van der Waals surface area contributed by atoms with Crippen LogP contribution in [0.5, 0.6) is 0 Å². The van der Waals surface area contributed by atoms with Gasteiger partial charge in [0.2, 0.25) is 0 Å². The van der Waals surface area contributed by atoms with Crippen LogP contribution in [0, 0.1) is 17.7 Å². The number of hydrogen-bond donors (Lipinski definition) is 2. The second kappa shape index (κ2) is 5.25. The summed E-state index contributed by atoms with van der Waals surface area (Å²) in [6, 6.07) is 3.06. The molecule has 2 nitrogen and oxygen atoms in total. The van der Waals surface area contributed by atoms with Gasteiger partial charge in [-0.25, -0.2) is 4.39 Å². The van der Waals surface area contributed by atoms with Crippen LogP contribution in [-0.4, -0.2) is 6.54 Å². The molecule has 0 amide bonds. The third kappa shape index (κ3) is 3.12. The van der Waals surface area contributed by atoms with Gasteiger partial charge in [0.05, 0.1) is 15.8 Å². The van der Waals surface area contributed by atoms with Gasteiger partial charge < -0.3 is 11.1 Å². The fourth-order valence-electron chi connectivity index (χ4n) is 2.48. The standard InChI is InChI=1S/C13H18BrFN2/c1-8-2-3-9(4-8)7-17-13-5-10(14)11(15)6-12(13)16/h5-6,8-9,17H,2-4,7,16H2,1H3.